The Hall–Kier alpha value is -1.87. The van der Waals surface area contributed by atoms with E-state index in [-0.39, 0.29) is 5.91 Å². The molecule has 0 aliphatic carbocycles. The van der Waals surface area contributed by atoms with Gasteiger partial charge in [-0.05, 0) is 58.2 Å². The Balaban J connectivity index is 1.68. The van der Waals surface area contributed by atoms with Crippen LogP contribution in [0.2, 0.25) is 0 Å². The van der Waals surface area contributed by atoms with Crippen molar-refractivity contribution < 1.29 is 24.2 Å². The number of carboxylic acids is 1. The zero-order valence-corrected chi connectivity index (χ0v) is 18.0. The Labute approximate surface area is 172 Å². The van der Waals surface area contributed by atoms with Gasteiger partial charge in [-0.2, -0.15) is 0 Å². The van der Waals surface area contributed by atoms with Gasteiger partial charge in [-0.1, -0.05) is 0 Å². The predicted octanol–water partition coefficient (Wildman–Crippen LogP) is 2.20. The fourth-order valence-corrected chi connectivity index (χ4v) is 5.66. The van der Waals surface area contributed by atoms with Crippen LogP contribution in [0.5, 0.6) is 5.75 Å². The molecule has 2 aliphatic heterocycles. The lowest BCUT2D eigenvalue weighted by Crippen LogP contribution is -2.78. The topological polar surface area (TPSA) is 95.9 Å². The molecule has 2 N–H and O–H groups in total. The van der Waals surface area contributed by atoms with Crippen LogP contribution in [0.25, 0.3) is 0 Å². The molecule has 4 atom stereocenters. The number of hydrogen-bond acceptors (Lipinski definition) is 6. The Bertz CT molecular complexity index is 813. The average Bonchev–Trinajstić information content (AvgIpc) is 2.91. The third kappa shape index (κ3) is 3.34. The Morgan fingerprint density at radius 1 is 1.29 bits per heavy atom. The summed E-state index contributed by atoms with van der Waals surface area (Å²) < 4.78 is 5.05. The minimum absolute atomic E-state index is 0.382. The summed E-state index contributed by atoms with van der Waals surface area (Å²) in [4.78, 5) is 39.5. The highest BCUT2D eigenvalue weighted by Crippen LogP contribution is 2.54. The highest BCUT2D eigenvalue weighted by atomic mass is 32.2. The largest absolute Gasteiger partial charge is 0.481 e. The van der Waals surface area contributed by atoms with Crippen molar-refractivity contribution in [1.29, 1.82) is 0 Å². The van der Waals surface area contributed by atoms with E-state index in [1.54, 1.807) is 51.6 Å². The van der Waals surface area contributed by atoms with Crippen LogP contribution in [0, 0.1) is 0 Å². The van der Waals surface area contributed by atoms with Crippen LogP contribution < -0.4 is 10.1 Å². The Morgan fingerprint density at radius 3 is 2.43 bits per heavy atom. The van der Waals surface area contributed by atoms with Gasteiger partial charge in [-0.25, -0.2) is 4.79 Å². The molecule has 2 fully saturated rings. The second kappa shape index (κ2) is 7.18. The van der Waals surface area contributed by atoms with Gasteiger partial charge < -0.3 is 20.1 Å². The molecule has 1 aromatic carbocycles. The van der Waals surface area contributed by atoms with Crippen molar-refractivity contribution in [2.24, 2.45) is 0 Å². The average molecular weight is 425 g/mol. The molecule has 2 amide bonds. The molecule has 0 bridgehead atoms. The summed E-state index contributed by atoms with van der Waals surface area (Å²) in [6, 6.07) is 6.48. The van der Waals surface area contributed by atoms with E-state index in [4.69, 9.17) is 4.74 Å². The van der Waals surface area contributed by atoms with Crippen molar-refractivity contribution in [1.82, 2.24) is 10.2 Å². The van der Waals surface area contributed by atoms with Gasteiger partial charge in [-0.3, -0.25) is 9.59 Å². The zero-order chi connectivity index (χ0) is 20.9. The van der Waals surface area contributed by atoms with Gasteiger partial charge in [0.1, 0.15) is 22.7 Å². The van der Waals surface area contributed by atoms with E-state index >= 15 is 0 Å². The third-order valence-electron chi connectivity index (χ3n) is 5.14. The fourth-order valence-electron chi connectivity index (χ4n) is 3.61. The molecular weight excluding hydrogens is 400 g/mol. The zero-order valence-electron chi connectivity index (χ0n) is 16.4. The first-order chi connectivity index (χ1) is 13.0. The van der Waals surface area contributed by atoms with Gasteiger partial charge in [0.05, 0.1) is 0 Å². The molecule has 7 nitrogen and oxygen atoms in total. The molecule has 2 heterocycles. The number of carbonyl (C=O) groups is 3. The van der Waals surface area contributed by atoms with E-state index in [0.29, 0.717) is 5.75 Å². The van der Waals surface area contributed by atoms with Crippen molar-refractivity contribution in [3.63, 3.8) is 0 Å². The van der Waals surface area contributed by atoms with Crippen LogP contribution in [0.1, 0.15) is 27.7 Å². The summed E-state index contributed by atoms with van der Waals surface area (Å²) >= 11 is 3.00. The van der Waals surface area contributed by atoms with E-state index in [1.165, 1.54) is 16.7 Å². The number of ether oxygens (including phenoxy) is 1. The maximum Gasteiger partial charge on any atom is 0.327 e. The molecular formula is C19H24N2O5S2. The smallest absolute Gasteiger partial charge is 0.327 e. The lowest BCUT2D eigenvalue weighted by atomic mass is 9.86. The van der Waals surface area contributed by atoms with Crippen molar-refractivity contribution in [3.8, 4) is 5.75 Å². The van der Waals surface area contributed by atoms with Crippen LogP contribution in [0.3, 0.4) is 0 Å². The van der Waals surface area contributed by atoms with Gasteiger partial charge in [0, 0.05) is 9.64 Å². The summed E-state index contributed by atoms with van der Waals surface area (Å²) in [6.07, 6.45) is 1.18. The number of β-lactam (4-membered cyclic amide) rings is 1. The van der Waals surface area contributed by atoms with Crippen LogP contribution in [0.4, 0.5) is 0 Å². The molecule has 0 radical (unpaired) electrons. The Kier molecular flexibility index (Phi) is 5.35. The molecule has 0 aromatic heterocycles. The minimum Gasteiger partial charge on any atom is -0.481 e. The van der Waals surface area contributed by atoms with E-state index in [9.17, 15) is 19.5 Å². The second-order valence-corrected chi connectivity index (χ2v) is 10.3. The van der Waals surface area contributed by atoms with Crippen molar-refractivity contribution in [2.75, 3.05) is 6.26 Å². The standard InChI is InChI=1S/C19H24N2O5S2/c1-10(26-11-6-8-12(27-5)9-7-11)14(22)20-19(4)16(25)21-13(15(23)24)18(2,3)28-17(19)21/h6-10,13,17H,1-5H3,(H,20,22)(H,23,24)/t10?,13-,17+,19-/m0/s1. The van der Waals surface area contributed by atoms with Crippen molar-refractivity contribution in [2.45, 2.75) is 60.4 Å². The number of thioether (sulfide) groups is 2. The number of carbonyl (C=O) groups excluding carboxylic acids is 2. The number of rotatable bonds is 6. The highest BCUT2D eigenvalue weighted by Gasteiger charge is 2.70. The molecule has 3 rings (SSSR count). The molecule has 0 spiro atoms. The van der Waals surface area contributed by atoms with Crippen LogP contribution in [-0.2, 0) is 14.4 Å². The van der Waals surface area contributed by atoms with Crippen molar-refractivity contribution >= 4 is 41.3 Å². The van der Waals surface area contributed by atoms with Crippen LogP contribution >= 0.6 is 23.5 Å². The van der Waals surface area contributed by atoms with E-state index in [0.717, 1.165) is 4.90 Å². The van der Waals surface area contributed by atoms with Crippen LogP contribution in [-0.4, -0.2) is 61.9 Å². The molecule has 1 aromatic rings. The number of nitrogens with one attached hydrogen (secondary N) is 1. The molecule has 28 heavy (non-hydrogen) atoms. The summed E-state index contributed by atoms with van der Waals surface area (Å²) in [5.41, 5.74) is -1.15. The van der Waals surface area contributed by atoms with Crippen LogP contribution in [0.15, 0.2) is 29.2 Å². The summed E-state index contributed by atoms with van der Waals surface area (Å²) in [5, 5.41) is 11.9. The fraction of sp³-hybridized carbons (Fsp3) is 0.526. The van der Waals surface area contributed by atoms with Gasteiger partial charge in [0.15, 0.2) is 6.10 Å². The first-order valence-corrected chi connectivity index (χ1v) is 11.0. The number of carboxylic acid groups (broad SMARTS) is 1. The normalized spacial score (nSPS) is 28.9. The van der Waals surface area contributed by atoms with Gasteiger partial charge in [-0.15, -0.1) is 23.5 Å². The predicted molar refractivity (Wildman–Crippen MR) is 109 cm³/mol. The highest BCUT2D eigenvalue weighted by molar-refractivity contribution is 8.01. The second-order valence-electron chi connectivity index (χ2n) is 7.65. The maximum atomic E-state index is 12.7. The molecule has 0 saturated carbocycles. The van der Waals surface area contributed by atoms with E-state index in [1.807, 2.05) is 18.4 Å². The number of aliphatic carboxylic acids is 1. The molecule has 9 heteroatoms. The van der Waals surface area contributed by atoms with E-state index in [2.05, 4.69) is 5.32 Å². The van der Waals surface area contributed by atoms with Gasteiger partial charge in [0.2, 0.25) is 0 Å². The monoisotopic (exact) mass is 424 g/mol. The van der Waals surface area contributed by atoms with Crippen molar-refractivity contribution in [3.05, 3.63) is 24.3 Å². The number of amides is 2. The number of fused-ring (bicyclic) bond motifs is 1. The van der Waals surface area contributed by atoms with E-state index < -0.39 is 39.7 Å². The minimum atomic E-state index is -1.15. The summed E-state index contributed by atoms with van der Waals surface area (Å²) in [5.74, 6) is -1.27. The first kappa shape index (κ1) is 20.9. The molecule has 2 aliphatic rings. The van der Waals surface area contributed by atoms with Gasteiger partial charge >= 0.3 is 5.97 Å². The molecule has 152 valence electrons. The number of hydrogen-bond donors (Lipinski definition) is 2. The number of benzene rings is 1. The lowest BCUT2D eigenvalue weighted by molar-refractivity contribution is -0.168. The first-order valence-electron chi connectivity index (χ1n) is 8.87. The molecule has 1 unspecified atom stereocenters. The summed E-state index contributed by atoms with van der Waals surface area (Å²) in [6.45, 7) is 6.86. The molecule has 2 saturated heterocycles. The third-order valence-corrected chi connectivity index (χ3v) is 7.63. The number of nitrogens with zero attached hydrogens (tertiary/aromatic N) is 1. The maximum absolute atomic E-state index is 12.7. The quantitative estimate of drug-likeness (QED) is 0.534. The lowest BCUT2D eigenvalue weighted by Gasteiger charge is -2.51. The SMILES string of the molecule is CSc1ccc(OC(C)C(=O)N[C@@]2(C)C(=O)N3[C@@H](C(=O)O)C(C)(C)S[C@@H]32)cc1. The summed E-state index contributed by atoms with van der Waals surface area (Å²) in [7, 11) is 0. The van der Waals surface area contributed by atoms with Gasteiger partial charge in [0.25, 0.3) is 11.8 Å². The Morgan fingerprint density at radius 2 is 1.89 bits per heavy atom.